The van der Waals surface area contributed by atoms with Gasteiger partial charge in [-0.3, -0.25) is 10.1 Å². The van der Waals surface area contributed by atoms with E-state index in [-0.39, 0.29) is 11.5 Å². The average molecular weight is 284 g/mol. The summed E-state index contributed by atoms with van der Waals surface area (Å²) in [5, 5.41) is 24.7. The monoisotopic (exact) mass is 284 g/mol. The number of aromatic nitrogens is 2. The van der Waals surface area contributed by atoms with Gasteiger partial charge in [-0.05, 0) is 20.3 Å². The molecule has 1 rings (SSSR count). The third-order valence-corrected chi connectivity index (χ3v) is 3.41. The highest BCUT2D eigenvalue weighted by Crippen LogP contribution is 2.34. The molecule has 0 saturated heterocycles. The first-order chi connectivity index (χ1) is 9.14. The van der Waals surface area contributed by atoms with Crippen LogP contribution in [0.3, 0.4) is 0 Å². The predicted octanol–water partition coefficient (Wildman–Crippen LogP) is 1.58. The molecule has 0 aromatic carbocycles. The van der Waals surface area contributed by atoms with Gasteiger partial charge >= 0.3 is 11.7 Å². The van der Waals surface area contributed by atoms with Crippen molar-refractivity contribution in [2.24, 2.45) is 7.05 Å². The summed E-state index contributed by atoms with van der Waals surface area (Å²) in [6.45, 7) is 4.89. The van der Waals surface area contributed by atoms with E-state index < -0.39 is 16.4 Å². The van der Waals surface area contributed by atoms with E-state index in [0.717, 1.165) is 6.42 Å². The van der Waals surface area contributed by atoms with Crippen LogP contribution in [0.4, 0.5) is 11.5 Å². The van der Waals surface area contributed by atoms with Gasteiger partial charge in [0.2, 0.25) is 5.82 Å². The molecule has 0 atom stereocenters. The number of carboxylic acid groups (broad SMARTS) is 1. The summed E-state index contributed by atoms with van der Waals surface area (Å²) in [4.78, 5) is 23.5. The lowest BCUT2D eigenvalue weighted by molar-refractivity contribution is -0.384. The average Bonchev–Trinajstić information content (AvgIpc) is 2.65. The van der Waals surface area contributed by atoms with Gasteiger partial charge in [0.25, 0.3) is 0 Å². The fourth-order valence-corrected chi connectivity index (χ4v) is 1.93. The van der Waals surface area contributed by atoms with Crippen molar-refractivity contribution in [1.82, 2.24) is 9.78 Å². The molecule has 8 heteroatoms. The number of carboxylic acids is 1. The van der Waals surface area contributed by atoms with E-state index >= 15 is 0 Å². The first-order valence-electron chi connectivity index (χ1n) is 6.32. The van der Waals surface area contributed by atoms with Crippen molar-refractivity contribution in [3.05, 3.63) is 15.8 Å². The molecule has 112 valence electrons. The molecule has 0 saturated carbocycles. The number of nitro groups is 1. The number of nitrogens with zero attached hydrogens (tertiary/aromatic N) is 4. The highest BCUT2D eigenvalue weighted by molar-refractivity contribution is 5.83. The molecule has 0 spiro atoms. The number of likely N-dealkylation sites (N-methyl/N-ethyl adjacent to an activating group) is 1. The van der Waals surface area contributed by atoms with E-state index in [1.54, 1.807) is 7.05 Å². The second-order valence-corrected chi connectivity index (χ2v) is 5.17. The summed E-state index contributed by atoms with van der Waals surface area (Å²) in [7, 11) is 3.10. The maximum absolute atomic E-state index is 11.3. The maximum Gasteiger partial charge on any atom is 0.334 e. The molecular formula is C12H20N4O4. The van der Waals surface area contributed by atoms with E-state index in [9.17, 15) is 20.0 Å². The highest BCUT2D eigenvalue weighted by Gasteiger charge is 2.39. The van der Waals surface area contributed by atoms with Gasteiger partial charge in [0.05, 0.1) is 4.92 Å². The van der Waals surface area contributed by atoms with Crippen molar-refractivity contribution in [3.8, 4) is 0 Å². The van der Waals surface area contributed by atoms with Gasteiger partial charge in [0, 0.05) is 14.1 Å². The minimum Gasteiger partial charge on any atom is -0.480 e. The number of carbonyl (C=O) groups is 1. The van der Waals surface area contributed by atoms with Crippen LogP contribution < -0.4 is 4.90 Å². The Balaban J connectivity index is 3.44. The van der Waals surface area contributed by atoms with Crippen LogP contribution in [0, 0.1) is 10.1 Å². The van der Waals surface area contributed by atoms with Gasteiger partial charge in [0.1, 0.15) is 11.2 Å². The molecule has 0 aliphatic rings. The fraction of sp³-hybridized carbons (Fsp3) is 0.667. The van der Waals surface area contributed by atoms with Gasteiger partial charge in [-0.15, -0.1) is 0 Å². The Hall–Kier alpha value is -2.12. The largest absolute Gasteiger partial charge is 0.480 e. The summed E-state index contributed by atoms with van der Waals surface area (Å²) in [5.41, 5.74) is -1.02. The molecule has 0 aliphatic heterocycles. The zero-order valence-corrected chi connectivity index (χ0v) is 12.4. The predicted molar refractivity (Wildman–Crippen MR) is 74.0 cm³/mol. The molecule has 8 nitrogen and oxygen atoms in total. The van der Waals surface area contributed by atoms with Crippen LogP contribution in [-0.2, 0) is 18.3 Å². The molecule has 1 aromatic rings. The molecule has 1 heterocycles. The Kier molecular flexibility index (Phi) is 4.36. The molecule has 20 heavy (non-hydrogen) atoms. The van der Waals surface area contributed by atoms with Crippen molar-refractivity contribution in [1.29, 1.82) is 0 Å². The molecule has 0 fully saturated rings. The zero-order chi connectivity index (χ0) is 15.7. The normalized spacial score (nSPS) is 11.4. The highest BCUT2D eigenvalue weighted by atomic mass is 16.6. The van der Waals surface area contributed by atoms with Crippen molar-refractivity contribution >= 4 is 17.5 Å². The standard InChI is InChI=1S/C12H20N4O4/c1-6-7-8-9(16(19)20)10(15(5)13-8)14(4)12(2,3)11(17)18/h6-7H2,1-5H3,(H,17,18). The summed E-state index contributed by atoms with van der Waals surface area (Å²) < 4.78 is 1.37. The SMILES string of the molecule is CCCc1nn(C)c(N(C)C(C)(C)C(=O)O)c1[N+](=O)[O-]. The number of hydrogen-bond donors (Lipinski definition) is 1. The van der Waals surface area contributed by atoms with Crippen LogP contribution in [0.5, 0.6) is 0 Å². The first-order valence-corrected chi connectivity index (χ1v) is 6.32. The molecule has 0 bridgehead atoms. The lowest BCUT2D eigenvalue weighted by Gasteiger charge is -2.32. The maximum atomic E-state index is 11.3. The van der Waals surface area contributed by atoms with Crippen LogP contribution >= 0.6 is 0 Å². The minimum atomic E-state index is -1.28. The Labute approximate surface area is 117 Å². The summed E-state index contributed by atoms with van der Waals surface area (Å²) >= 11 is 0. The topological polar surface area (TPSA) is 102 Å². The number of anilines is 1. The Bertz CT molecular complexity index is 536. The van der Waals surface area contributed by atoms with Crippen LogP contribution in [0.1, 0.15) is 32.9 Å². The Morgan fingerprint density at radius 1 is 1.55 bits per heavy atom. The van der Waals surface area contributed by atoms with E-state index in [4.69, 9.17) is 0 Å². The second-order valence-electron chi connectivity index (χ2n) is 5.17. The number of hydrogen-bond acceptors (Lipinski definition) is 5. The van der Waals surface area contributed by atoms with Gasteiger partial charge in [-0.1, -0.05) is 13.3 Å². The smallest absolute Gasteiger partial charge is 0.334 e. The number of aryl methyl sites for hydroxylation is 2. The Morgan fingerprint density at radius 3 is 2.50 bits per heavy atom. The van der Waals surface area contributed by atoms with Gasteiger partial charge in [-0.2, -0.15) is 5.10 Å². The molecule has 0 aliphatic carbocycles. The lowest BCUT2D eigenvalue weighted by atomic mass is 10.0. The molecule has 0 radical (unpaired) electrons. The van der Waals surface area contributed by atoms with Crippen LogP contribution in [0.2, 0.25) is 0 Å². The van der Waals surface area contributed by atoms with Crippen LogP contribution in [-0.4, -0.2) is 38.4 Å². The van der Waals surface area contributed by atoms with E-state index in [1.165, 1.54) is 30.5 Å². The van der Waals surface area contributed by atoms with Crippen molar-refractivity contribution in [3.63, 3.8) is 0 Å². The molecular weight excluding hydrogens is 264 g/mol. The zero-order valence-electron chi connectivity index (χ0n) is 12.4. The quantitative estimate of drug-likeness (QED) is 0.628. The van der Waals surface area contributed by atoms with E-state index in [2.05, 4.69) is 5.10 Å². The Morgan fingerprint density at radius 2 is 2.10 bits per heavy atom. The molecule has 1 aromatic heterocycles. The van der Waals surface area contributed by atoms with Crippen molar-refractivity contribution in [2.45, 2.75) is 39.2 Å². The summed E-state index contributed by atoms with van der Waals surface area (Å²) in [6, 6.07) is 0. The molecule has 1 N–H and O–H groups in total. The summed E-state index contributed by atoms with van der Waals surface area (Å²) in [6.07, 6.45) is 1.20. The lowest BCUT2D eigenvalue weighted by Crippen LogP contribution is -2.49. The van der Waals surface area contributed by atoms with Crippen LogP contribution in [0.25, 0.3) is 0 Å². The molecule has 0 unspecified atom stereocenters. The third kappa shape index (κ3) is 2.59. The van der Waals surface area contributed by atoms with Gasteiger partial charge in [0.15, 0.2) is 0 Å². The van der Waals surface area contributed by atoms with E-state index in [0.29, 0.717) is 12.1 Å². The number of rotatable bonds is 6. The van der Waals surface area contributed by atoms with E-state index in [1.807, 2.05) is 6.92 Å². The number of aliphatic carboxylic acids is 1. The minimum absolute atomic E-state index is 0.119. The van der Waals surface area contributed by atoms with Crippen molar-refractivity contribution in [2.75, 3.05) is 11.9 Å². The summed E-state index contributed by atoms with van der Waals surface area (Å²) in [5.74, 6) is -0.863. The molecule has 0 amide bonds. The van der Waals surface area contributed by atoms with Gasteiger partial charge < -0.3 is 10.0 Å². The van der Waals surface area contributed by atoms with Crippen LogP contribution in [0.15, 0.2) is 0 Å². The fourth-order valence-electron chi connectivity index (χ4n) is 1.93. The second kappa shape index (κ2) is 5.48. The third-order valence-electron chi connectivity index (χ3n) is 3.41. The van der Waals surface area contributed by atoms with Gasteiger partial charge in [-0.25, -0.2) is 9.48 Å². The first kappa shape index (κ1) is 15.9. The van der Waals surface area contributed by atoms with Crippen molar-refractivity contribution < 1.29 is 14.8 Å².